The summed E-state index contributed by atoms with van der Waals surface area (Å²) in [7, 11) is 1.65. The van der Waals surface area contributed by atoms with Crippen LogP contribution in [0.2, 0.25) is 0 Å². The van der Waals surface area contributed by atoms with E-state index in [1.807, 2.05) is 50.2 Å². The Morgan fingerprint density at radius 3 is 2.52 bits per heavy atom. The van der Waals surface area contributed by atoms with Gasteiger partial charge in [-0.25, -0.2) is 0 Å². The average molecular weight is 313 g/mol. The van der Waals surface area contributed by atoms with Gasteiger partial charge in [0.15, 0.2) is 0 Å². The Bertz CT molecular complexity index is 647. The van der Waals surface area contributed by atoms with Crippen LogP contribution in [0.1, 0.15) is 23.1 Å². The molecule has 0 unspecified atom stereocenters. The number of ether oxygens (including phenoxy) is 2. The van der Waals surface area contributed by atoms with Crippen molar-refractivity contribution in [3.05, 3.63) is 59.2 Å². The van der Waals surface area contributed by atoms with Crippen LogP contribution < -0.4 is 10.1 Å². The first-order valence-corrected chi connectivity index (χ1v) is 7.65. The van der Waals surface area contributed by atoms with Gasteiger partial charge in [-0.05, 0) is 54.8 Å². The standard InChI is InChI=1S/C19H23NO3/c1-14-9-15(2)11-18(10-14)23-8-7-19(21)20-17-6-4-5-16(12-17)13-22-3/h4-6,9-12H,7-8,13H2,1-3H3,(H,20,21). The molecule has 0 fully saturated rings. The van der Waals surface area contributed by atoms with Gasteiger partial charge in [-0.1, -0.05) is 18.2 Å². The monoisotopic (exact) mass is 313 g/mol. The summed E-state index contributed by atoms with van der Waals surface area (Å²) in [6, 6.07) is 13.7. The molecule has 0 aliphatic rings. The number of anilines is 1. The fourth-order valence-electron chi connectivity index (χ4n) is 2.41. The maximum absolute atomic E-state index is 12.0. The molecule has 2 aromatic rings. The van der Waals surface area contributed by atoms with E-state index in [-0.39, 0.29) is 5.91 Å². The summed E-state index contributed by atoms with van der Waals surface area (Å²) in [6.45, 7) is 4.94. The predicted molar refractivity (Wildman–Crippen MR) is 91.8 cm³/mol. The molecule has 0 saturated heterocycles. The number of nitrogens with one attached hydrogen (secondary N) is 1. The Morgan fingerprint density at radius 1 is 1.09 bits per heavy atom. The van der Waals surface area contributed by atoms with E-state index in [2.05, 4.69) is 11.4 Å². The van der Waals surface area contributed by atoms with Crippen molar-refractivity contribution >= 4 is 11.6 Å². The van der Waals surface area contributed by atoms with Gasteiger partial charge in [0.25, 0.3) is 0 Å². The zero-order chi connectivity index (χ0) is 16.7. The number of methoxy groups -OCH3 is 1. The Hall–Kier alpha value is -2.33. The van der Waals surface area contributed by atoms with Gasteiger partial charge in [0.05, 0.1) is 19.6 Å². The zero-order valence-corrected chi connectivity index (χ0v) is 13.9. The van der Waals surface area contributed by atoms with Crippen LogP contribution in [0.3, 0.4) is 0 Å². The Morgan fingerprint density at radius 2 is 1.83 bits per heavy atom. The molecule has 0 spiro atoms. The van der Waals surface area contributed by atoms with E-state index in [0.29, 0.717) is 19.6 Å². The average Bonchev–Trinajstić information content (AvgIpc) is 2.47. The van der Waals surface area contributed by atoms with Gasteiger partial charge in [-0.2, -0.15) is 0 Å². The van der Waals surface area contributed by atoms with Crippen molar-refractivity contribution in [2.75, 3.05) is 19.0 Å². The van der Waals surface area contributed by atoms with E-state index < -0.39 is 0 Å². The van der Waals surface area contributed by atoms with Gasteiger partial charge in [0.1, 0.15) is 5.75 Å². The highest BCUT2D eigenvalue weighted by molar-refractivity contribution is 5.90. The number of rotatable bonds is 7. The second-order valence-corrected chi connectivity index (χ2v) is 5.60. The fourth-order valence-corrected chi connectivity index (χ4v) is 2.41. The van der Waals surface area contributed by atoms with E-state index in [1.54, 1.807) is 7.11 Å². The second kappa shape index (κ2) is 8.34. The van der Waals surface area contributed by atoms with Crippen LogP contribution in [0, 0.1) is 13.8 Å². The third-order valence-electron chi connectivity index (χ3n) is 3.31. The van der Waals surface area contributed by atoms with Crippen LogP contribution >= 0.6 is 0 Å². The van der Waals surface area contributed by atoms with Crippen molar-refractivity contribution in [3.8, 4) is 5.75 Å². The van der Waals surface area contributed by atoms with Gasteiger partial charge in [0.2, 0.25) is 5.91 Å². The number of aryl methyl sites for hydroxylation is 2. The summed E-state index contributed by atoms with van der Waals surface area (Å²) in [6.07, 6.45) is 0.307. The largest absolute Gasteiger partial charge is 0.493 e. The molecular weight excluding hydrogens is 290 g/mol. The first kappa shape index (κ1) is 17.0. The molecule has 1 amide bonds. The van der Waals surface area contributed by atoms with E-state index >= 15 is 0 Å². The van der Waals surface area contributed by atoms with Crippen LogP contribution in [0.15, 0.2) is 42.5 Å². The number of carbonyl (C=O) groups is 1. The molecule has 23 heavy (non-hydrogen) atoms. The van der Waals surface area contributed by atoms with E-state index in [4.69, 9.17) is 9.47 Å². The Kier molecular flexibility index (Phi) is 6.18. The first-order chi connectivity index (χ1) is 11.1. The third-order valence-corrected chi connectivity index (χ3v) is 3.31. The van der Waals surface area contributed by atoms with Gasteiger partial charge >= 0.3 is 0 Å². The summed E-state index contributed by atoms with van der Waals surface area (Å²) in [5, 5.41) is 2.88. The molecule has 0 aromatic heterocycles. The van der Waals surface area contributed by atoms with Gasteiger partial charge in [0, 0.05) is 12.8 Å². The lowest BCUT2D eigenvalue weighted by atomic mass is 10.1. The molecular formula is C19H23NO3. The quantitative estimate of drug-likeness (QED) is 0.844. The molecule has 0 saturated carbocycles. The van der Waals surface area contributed by atoms with Crippen molar-refractivity contribution in [2.24, 2.45) is 0 Å². The van der Waals surface area contributed by atoms with E-state index in [0.717, 1.165) is 28.1 Å². The summed E-state index contributed by atoms with van der Waals surface area (Å²) >= 11 is 0. The number of hydrogen-bond acceptors (Lipinski definition) is 3. The van der Waals surface area contributed by atoms with Crippen LogP contribution in [0.4, 0.5) is 5.69 Å². The van der Waals surface area contributed by atoms with Crippen molar-refractivity contribution in [1.29, 1.82) is 0 Å². The lowest BCUT2D eigenvalue weighted by molar-refractivity contribution is -0.116. The molecule has 2 rings (SSSR count). The predicted octanol–water partition coefficient (Wildman–Crippen LogP) is 3.86. The minimum Gasteiger partial charge on any atom is -0.493 e. The molecule has 4 nitrogen and oxygen atoms in total. The summed E-state index contributed by atoms with van der Waals surface area (Å²) in [5.74, 6) is 0.737. The third kappa shape index (κ3) is 5.75. The summed E-state index contributed by atoms with van der Waals surface area (Å²) < 4.78 is 10.7. The molecule has 4 heteroatoms. The van der Waals surface area contributed by atoms with Gasteiger partial charge in [-0.15, -0.1) is 0 Å². The molecule has 0 aliphatic heterocycles. The normalized spacial score (nSPS) is 10.4. The second-order valence-electron chi connectivity index (χ2n) is 5.60. The molecule has 0 aliphatic carbocycles. The van der Waals surface area contributed by atoms with Crippen molar-refractivity contribution in [1.82, 2.24) is 0 Å². The summed E-state index contributed by atoms with van der Waals surface area (Å²) in [4.78, 5) is 12.0. The Balaban J connectivity index is 1.82. The first-order valence-electron chi connectivity index (χ1n) is 7.65. The van der Waals surface area contributed by atoms with Gasteiger partial charge in [-0.3, -0.25) is 4.79 Å². The molecule has 0 bridgehead atoms. The number of amides is 1. The van der Waals surface area contributed by atoms with E-state index in [9.17, 15) is 4.79 Å². The van der Waals surface area contributed by atoms with E-state index in [1.165, 1.54) is 0 Å². The van der Waals surface area contributed by atoms with Crippen molar-refractivity contribution in [3.63, 3.8) is 0 Å². The molecule has 122 valence electrons. The molecule has 1 N–H and O–H groups in total. The van der Waals surface area contributed by atoms with Crippen LogP contribution in [-0.2, 0) is 16.1 Å². The minimum absolute atomic E-state index is 0.0658. The lowest BCUT2D eigenvalue weighted by Gasteiger charge is -2.09. The Labute approximate surface area is 137 Å². The van der Waals surface area contributed by atoms with Crippen molar-refractivity contribution < 1.29 is 14.3 Å². The number of carbonyl (C=O) groups excluding carboxylic acids is 1. The van der Waals surface area contributed by atoms with Crippen LogP contribution in [0.5, 0.6) is 5.75 Å². The lowest BCUT2D eigenvalue weighted by Crippen LogP contribution is -2.15. The maximum Gasteiger partial charge on any atom is 0.227 e. The summed E-state index contributed by atoms with van der Waals surface area (Å²) in [5.41, 5.74) is 4.10. The van der Waals surface area contributed by atoms with Crippen LogP contribution in [0.25, 0.3) is 0 Å². The molecule has 0 atom stereocenters. The van der Waals surface area contributed by atoms with Crippen LogP contribution in [-0.4, -0.2) is 19.6 Å². The maximum atomic E-state index is 12.0. The highest BCUT2D eigenvalue weighted by Crippen LogP contribution is 2.16. The fraction of sp³-hybridized carbons (Fsp3) is 0.316. The molecule has 0 heterocycles. The molecule has 2 aromatic carbocycles. The zero-order valence-electron chi connectivity index (χ0n) is 13.9. The highest BCUT2D eigenvalue weighted by Gasteiger charge is 2.04. The van der Waals surface area contributed by atoms with Gasteiger partial charge < -0.3 is 14.8 Å². The minimum atomic E-state index is -0.0658. The number of hydrogen-bond donors (Lipinski definition) is 1. The number of benzene rings is 2. The van der Waals surface area contributed by atoms with Crippen molar-refractivity contribution in [2.45, 2.75) is 26.9 Å². The SMILES string of the molecule is COCc1cccc(NC(=O)CCOc2cc(C)cc(C)c2)c1. The molecule has 0 radical (unpaired) electrons. The smallest absolute Gasteiger partial charge is 0.227 e. The topological polar surface area (TPSA) is 47.6 Å². The highest BCUT2D eigenvalue weighted by atomic mass is 16.5.